The molecular weight excluding hydrogens is 388 g/mol. The number of nitrogens with zero attached hydrogens (tertiary/aromatic N) is 1. The first kappa shape index (κ1) is 21.3. The highest BCUT2D eigenvalue weighted by atomic mass is 16.5. The van der Waals surface area contributed by atoms with E-state index < -0.39 is 0 Å². The maximum atomic E-state index is 12.6. The number of para-hydroxylation sites is 2. The summed E-state index contributed by atoms with van der Waals surface area (Å²) in [6.07, 6.45) is 1.22. The van der Waals surface area contributed by atoms with E-state index in [0.717, 1.165) is 0 Å². The first-order chi connectivity index (χ1) is 14.5. The van der Waals surface area contributed by atoms with E-state index >= 15 is 0 Å². The van der Waals surface area contributed by atoms with E-state index in [2.05, 4.69) is 5.32 Å². The molecule has 2 aromatic rings. The highest BCUT2D eigenvalue weighted by molar-refractivity contribution is 5.95. The first-order valence-electron chi connectivity index (χ1n) is 9.92. The number of carbonyl (C=O) groups excluding carboxylic acids is 2. The lowest BCUT2D eigenvalue weighted by molar-refractivity contribution is -0.124. The normalized spacial score (nSPS) is 14.2. The molecule has 1 aliphatic rings. The highest BCUT2D eigenvalue weighted by Crippen LogP contribution is 2.26. The third kappa shape index (κ3) is 5.56. The standard InChI is InChI=1S/C22H26N2O6/c1-2-29-19-5-3-4-6-20(19)30-14-21(27)23-16-7-9-24(10-8-16)22(28)15-11-17(25)13-18(26)12-15/h3-6,11-13,16,25-26H,2,7-10,14H2,1H3,(H,23,27). The summed E-state index contributed by atoms with van der Waals surface area (Å²) < 4.78 is 11.1. The zero-order valence-corrected chi connectivity index (χ0v) is 16.8. The molecule has 2 aromatic carbocycles. The van der Waals surface area contributed by atoms with Crippen LogP contribution >= 0.6 is 0 Å². The van der Waals surface area contributed by atoms with Crippen LogP contribution in [0.15, 0.2) is 42.5 Å². The fourth-order valence-corrected chi connectivity index (χ4v) is 3.38. The molecule has 160 valence electrons. The molecule has 0 aliphatic carbocycles. The topological polar surface area (TPSA) is 108 Å². The Labute approximate surface area is 175 Å². The van der Waals surface area contributed by atoms with E-state index in [0.29, 0.717) is 44.0 Å². The Bertz CT molecular complexity index is 873. The van der Waals surface area contributed by atoms with Crippen molar-refractivity contribution in [2.24, 2.45) is 0 Å². The van der Waals surface area contributed by atoms with Crippen molar-refractivity contribution < 1.29 is 29.3 Å². The van der Waals surface area contributed by atoms with E-state index in [4.69, 9.17) is 9.47 Å². The van der Waals surface area contributed by atoms with Crippen molar-refractivity contribution in [1.29, 1.82) is 0 Å². The van der Waals surface area contributed by atoms with Gasteiger partial charge < -0.3 is 29.9 Å². The lowest BCUT2D eigenvalue weighted by Crippen LogP contribution is -2.47. The number of nitrogens with one attached hydrogen (secondary N) is 1. The lowest BCUT2D eigenvalue weighted by atomic mass is 10.0. The van der Waals surface area contributed by atoms with Gasteiger partial charge in [-0.25, -0.2) is 0 Å². The SMILES string of the molecule is CCOc1ccccc1OCC(=O)NC1CCN(C(=O)c2cc(O)cc(O)c2)CC1. The second-order valence-electron chi connectivity index (χ2n) is 7.04. The predicted octanol–water partition coefficient (Wildman–Crippen LogP) is 2.30. The Morgan fingerprint density at radius 2 is 1.63 bits per heavy atom. The number of amides is 2. The smallest absolute Gasteiger partial charge is 0.258 e. The molecule has 1 saturated heterocycles. The molecule has 1 aliphatic heterocycles. The number of phenolic OH excluding ortho intramolecular Hbond substituents is 2. The maximum Gasteiger partial charge on any atom is 0.258 e. The number of piperidine rings is 1. The number of benzene rings is 2. The van der Waals surface area contributed by atoms with Gasteiger partial charge in [-0.1, -0.05) is 12.1 Å². The van der Waals surface area contributed by atoms with Gasteiger partial charge in [0, 0.05) is 30.8 Å². The Kier molecular flexibility index (Phi) is 7.00. The van der Waals surface area contributed by atoms with Gasteiger partial charge in [0.25, 0.3) is 11.8 Å². The van der Waals surface area contributed by atoms with Gasteiger partial charge in [-0.3, -0.25) is 9.59 Å². The fourth-order valence-electron chi connectivity index (χ4n) is 3.38. The zero-order valence-electron chi connectivity index (χ0n) is 16.8. The third-order valence-corrected chi connectivity index (χ3v) is 4.80. The summed E-state index contributed by atoms with van der Waals surface area (Å²) >= 11 is 0. The molecule has 8 heteroatoms. The number of likely N-dealkylation sites (tertiary alicyclic amines) is 1. The van der Waals surface area contributed by atoms with Crippen LogP contribution in [-0.4, -0.2) is 59.3 Å². The minimum atomic E-state index is -0.262. The average molecular weight is 414 g/mol. The Morgan fingerprint density at radius 1 is 1.03 bits per heavy atom. The second-order valence-corrected chi connectivity index (χ2v) is 7.04. The van der Waals surface area contributed by atoms with Gasteiger partial charge in [0.05, 0.1) is 6.61 Å². The summed E-state index contributed by atoms with van der Waals surface area (Å²) in [4.78, 5) is 26.5. The minimum Gasteiger partial charge on any atom is -0.508 e. The number of carbonyl (C=O) groups is 2. The van der Waals surface area contributed by atoms with Gasteiger partial charge in [-0.15, -0.1) is 0 Å². The van der Waals surface area contributed by atoms with Crippen LogP contribution in [0.2, 0.25) is 0 Å². The van der Waals surface area contributed by atoms with E-state index in [1.807, 2.05) is 19.1 Å². The van der Waals surface area contributed by atoms with E-state index in [-0.39, 0.29) is 41.5 Å². The van der Waals surface area contributed by atoms with Gasteiger partial charge in [-0.2, -0.15) is 0 Å². The van der Waals surface area contributed by atoms with Crippen LogP contribution < -0.4 is 14.8 Å². The van der Waals surface area contributed by atoms with Gasteiger partial charge in [0.1, 0.15) is 11.5 Å². The van der Waals surface area contributed by atoms with Crippen molar-refractivity contribution in [3.8, 4) is 23.0 Å². The van der Waals surface area contributed by atoms with Crippen LogP contribution in [0.1, 0.15) is 30.1 Å². The van der Waals surface area contributed by atoms with Gasteiger partial charge in [0.15, 0.2) is 18.1 Å². The predicted molar refractivity (Wildman–Crippen MR) is 110 cm³/mol. The summed E-state index contributed by atoms with van der Waals surface area (Å²) in [5.74, 6) is 0.297. The minimum absolute atomic E-state index is 0.0511. The summed E-state index contributed by atoms with van der Waals surface area (Å²) in [5.41, 5.74) is 0.233. The monoisotopic (exact) mass is 414 g/mol. The molecule has 1 fully saturated rings. The zero-order chi connectivity index (χ0) is 21.5. The molecular formula is C22H26N2O6. The largest absolute Gasteiger partial charge is 0.508 e. The van der Waals surface area contributed by atoms with Crippen LogP contribution in [0.4, 0.5) is 0 Å². The van der Waals surface area contributed by atoms with Crippen molar-refractivity contribution in [2.45, 2.75) is 25.8 Å². The maximum absolute atomic E-state index is 12.6. The number of hydrogen-bond donors (Lipinski definition) is 3. The lowest BCUT2D eigenvalue weighted by Gasteiger charge is -2.32. The van der Waals surface area contributed by atoms with Crippen molar-refractivity contribution >= 4 is 11.8 Å². The van der Waals surface area contributed by atoms with Crippen molar-refractivity contribution in [3.05, 3.63) is 48.0 Å². The van der Waals surface area contributed by atoms with Crippen LogP contribution in [0.25, 0.3) is 0 Å². The Morgan fingerprint density at radius 3 is 2.23 bits per heavy atom. The van der Waals surface area contributed by atoms with Crippen LogP contribution in [-0.2, 0) is 4.79 Å². The third-order valence-electron chi connectivity index (χ3n) is 4.80. The molecule has 0 radical (unpaired) electrons. The molecule has 30 heavy (non-hydrogen) atoms. The molecule has 0 saturated carbocycles. The highest BCUT2D eigenvalue weighted by Gasteiger charge is 2.25. The van der Waals surface area contributed by atoms with Crippen LogP contribution in [0.3, 0.4) is 0 Å². The van der Waals surface area contributed by atoms with E-state index in [1.54, 1.807) is 17.0 Å². The van der Waals surface area contributed by atoms with Crippen LogP contribution in [0.5, 0.6) is 23.0 Å². The number of phenols is 2. The first-order valence-corrected chi connectivity index (χ1v) is 9.92. The molecule has 0 aromatic heterocycles. The Hall–Kier alpha value is -3.42. The molecule has 0 unspecified atom stereocenters. The number of hydrogen-bond acceptors (Lipinski definition) is 6. The Balaban J connectivity index is 1.46. The molecule has 1 heterocycles. The summed E-state index contributed by atoms with van der Waals surface area (Å²) in [6.45, 7) is 3.20. The van der Waals surface area contributed by atoms with E-state index in [1.165, 1.54) is 18.2 Å². The van der Waals surface area contributed by atoms with Crippen molar-refractivity contribution in [1.82, 2.24) is 10.2 Å². The average Bonchev–Trinajstić information content (AvgIpc) is 2.73. The molecule has 0 atom stereocenters. The molecule has 2 amide bonds. The molecule has 3 rings (SSSR count). The van der Waals surface area contributed by atoms with E-state index in [9.17, 15) is 19.8 Å². The van der Waals surface area contributed by atoms with Crippen molar-refractivity contribution in [3.63, 3.8) is 0 Å². The van der Waals surface area contributed by atoms with Crippen molar-refractivity contribution in [2.75, 3.05) is 26.3 Å². The van der Waals surface area contributed by atoms with Gasteiger partial charge in [0.2, 0.25) is 0 Å². The fraction of sp³-hybridized carbons (Fsp3) is 0.364. The quantitative estimate of drug-likeness (QED) is 0.642. The molecule has 0 spiro atoms. The number of rotatable bonds is 7. The van der Waals surface area contributed by atoms with Gasteiger partial charge >= 0.3 is 0 Å². The van der Waals surface area contributed by atoms with Crippen LogP contribution in [0, 0.1) is 0 Å². The molecule has 8 nitrogen and oxygen atoms in total. The number of aromatic hydroxyl groups is 2. The van der Waals surface area contributed by atoms with Gasteiger partial charge in [-0.05, 0) is 44.0 Å². The summed E-state index contributed by atoms with van der Waals surface area (Å²) in [5, 5.41) is 22.1. The molecule has 3 N–H and O–H groups in total. The summed E-state index contributed by atoms with van der Waals surface area (Å²) in [6, 6.07) is 11.0. The number of ether oxygens (including phenoxy) is 2. The second kappa shape index (κ2) is 9.87. The summed E-state index contributed by atoms with van der Waals surface area (Å²) in [7, 11) is 0. The molecule has 0 bridgehead atoms.